The zero-order valence-electron chi connectivity index (χ0n) is 20.4. The van der Waals surface area contributed by atoms with E-state index in [2.05, 4.69) is 17.1 Å². The monoisotopic (exact) mass is 670 g/mol. The fourth-order valence-corrected chi connectivity index (χ4v) is 5.04. The fraction of sp³-hybridized carbons (Fsp3) is 0.154. The molecule has 0 aromatic heterocycles. The number of hydrogen-bond acceptors (Lipinski definition) is 8. The number of nitrogens with zero attached hydrogens (tertiary/aromatic N) is 1. The molecule has 0 bridgehead atoms. The number of hydrazone groups is 1. The topological polar surface area (TPSA) is 113 Å². The molecule has 200 valence electrons. The van der Waals surface area contributed by atoms with Crippen molar-refractivity contribution in [1.29, 1.82) is 0 Å². The average Bonchev–Trinajstić information content (AvgIpc) is 2.89. The number of halogens is 2. The summed E-state index contributed by atoms with van der Waals surface area (Å²) in [5, 5.41) is 4.40. The van der Waals surface area contributed by atoms with Crippen molar-refractivity contribution in [1.82, 2.24) is 5.43 Å². The van der Waals surface area contributed by atoms with Gasteiger partial charge in [-0.15, -0.1) is 0 Å². The van der Waals surface area contributed by atoms with E-state index in [1.807, 2.05) is 29.5 Å². The predicted octanol–water partition coefficient (Wildman–Crippen LogP) is 5.45. The third-order valence-corrected chi connectivity index (χ3v) is 7.08. The van der Waals surface area contributed by atoms with Gasteiger partial charge in [-0.3, -0.25) is 4.79 Å². The van der Waals surface area contributed by atoms with Crippen molar-refractivity contribution in [2.45, 2.75) is 11.8 Å². The highest BCUT2D eigenvalue weighted by Gasteiger charge is 2.22. The van der Waals surface area contributed by atoms with Gasteiger partial charge < -0.3 is 18.4 Å². The molecule has 38 heavy (non-hydrogen) atoms. The quantitative estimate of drug-likeness (QED) is 0.0897. The first-order valence-corrected chi connectivity index (χ1v) is 14.0. The van der Waals surface area contributed by atoms with Crippen LogP contribution in [-0.4, -0.2) is 40.9 Å². The Morgan fingerprint density at radius 1 is 1.08 bits per heavy atom. The smallest absolute Gasteiger partial charge is 0.339 e. The van der Waals surface area contributed by atoms with Crippen molar-refractivity contribution in [2.24, 2.45) is 5.10 Å². The summed E-state index contributed by atoms with van der Waals surface area (Å²) in [4.78, 5) is 12.6. The van der Waals surface area contributed by atoms with Crippen LogP contribution in [0.3, 0.4) is 0 Å². The van der Waals surface area contributed by atoms with E-state index >= 15 is 0 Å². The number of nitrogens with one attached hydrogen (secondary N) is 1. The van der Waals surface area contributed by atoms with Gasteiger partial charge in [-0.1, -0.05) is 24.3 Å². The van der Waals surface area contributed by atoms with Crippen molar-refractivity contribution in [3.63, 3.8) is 0 Å². The second-order valence-electron chi connectivity index (χ2n) is 7.42. The van der Waals surface area contributed by atoms with Gasteiger partial charge in [0.1, 0.15) is 11.5 Å². The molecule has 12 heteroatoms. The first kappa shape index (κ1) is 29.3. The lowest BCUT2D eigenvalue weighted by Gasteiger charge is -2.13. The Morgan fingerprint density at radius 2 is 1.82 bits per heavy atom. The zero-order chi connectivity index (χ0) is 27.7. The van der Waals surface area contributed by atoms with Gasteiger partial charge in [0.05, 0.1) is 23.5 Å². The highest BCUT2D eigenvalue weighted by atomic mass is 127. The van der Waals surface area contributed by atoms with Gasteiger partial charge in [0, 0.05) is 10.6 Å². The molecule has 0 saturated heterocycles. The number of carbonyl (C=O) groups is 1. The molecule has 3 aromatic rings. The van der Waals surface area contributed by atoms with Crippen LogP contribution in [0.4, 0.5) is 0 Å². The van der Waals surface area contributed by atoms with Crippen LogP contribution in [-0.2, 0) is 10.1 Å². The summed E-state index contributed by atoms with van der Waals surface area (Å²) in [6.07, 6.45) is 3.00. The molecule has 0 aliphatic rings. The van der Waals surface area contributed by atoms with Crippen LogP contribution < -0.4 is 23.8 Å². The van der Waals surface area contributed by atoms with Crippen LogP contribution in [0.5, 0.6) is 23.0 Å². The largest absolute Gasteiger partial charge is 0.493 e. The van der Waals surface area contributed by atoms with Crippen molar-refractivity contribution >= 4 is 56.4 Å². The number of carbonyl (C=O) groups excluding carboxylic acids is 1. The molecule has 0 radical (unpaired) electrons. The first-order valence-electron chi connectivity index (χ1n) is 11.1. The molecule has 0 atom stereocenters. The molecule has 0 heterocycles. The van der Waals surface area contributed by atoms with Crippen molar-refractivity contribution in [3.05, 3.63) is 87.0 Å². The Balaban J connectivity index is 1.75. The summed E-state index contributed by atoms with van der Waals surface area (Å²) in [6, 6.07) is 13.6. The Kier molecular flexibility index (Phi) is 10.4. The summed E-state index contributed by atoms with van der Waals surface area (Å²) in [7, 11) is -2.75. The minimum Gasteiger partial charge on any atom is -0.493 e. The summed E-state index contributed by atoms with van der Waals surface area (Å²) in [5.41, 5.74) is 3.30. The highest BCUT2D eigenvalue weighted by Crippen LogP contribution is 2.36. The lowest BCUT2D eigenvalue weighted by molar-refractivity contribution is 0.0954. The zero-order valence-corrected chi connectivity index (χ0v) is 24.2. The number of hydrogen-bond donors (Lipinski definition) is 1. The van der Waals surface area contributed by atoms with Crippen LogP contribution >= 0.6 is 34.2 Å². The summed E-state index contributed by atoms with van der Waals surface area (Å²) in [6.45, 7) is 6.14. The third-order valence-electron chi connectivity index (χ3n) is 4.79. The number of amides is 1. The average molecular weight is 671 g/mol. The van der Waals surface area contributed by atoms with Crippen LogP contribution in [0.1, 0.15) is 22.8 Å². The summed E-state index contributed by atoms with van der Waals surface area (Å²) in [5.74, 6) is 0.640. The number of methoxy groups -OCH3 is 1. The molecule has 3 rings (SSSR count). The van der Waals surface area contributed by atoms with Crippen molar-refractivity contribution in [3.8, 4) is 23.0 Å². The van der Waals surface area contributed by atoms with Gasteiger partial charge in [-0.25, -0.2) is 5.43 Å². The Labute approximate surface area is 239 Å². The second kappa shape index (κ2) is 13.5. The van der Waals surface area contributed by atoms with Gasteiger partial charge in [0.2, 0.25) is 0 Å². The van der Waals surface area contributed by atoms with E-state index in [1.54, 1.807) is 30.3 Å². The molecule has 1 amide bonds. The van der Waals surface area contributed by atoms with E-state index in [0.29, 0.717) is 44.4 Å². The van der Waals surface area contributed by atoms with E-state index < -0.39 is 16.0 Å². The third kappa shape index (κ3) is 7.62. The predicted molar refractivity (Wildman–Crippen MR) is 153 cm³/mol. The van der Waals surface area contributed by atoms with Gasteiger partial charge in [-0.2, -0.15) is 13.5 Å². The molecule has 0 aliphatic carbocycles. The standard InChI is InChI=1S/C26H24ClIN2O7S/c1-4-12-36-22-11-6-18(15-23(22)35-5-2)26(31)30-29-16-17-13-21(28)25(24(14-17)34-3)37-38(32,33)20-9-7-19(27)8-10-20/h4,6-11,13-16H,1,5,12H2,2-3H3,(H,30,31)/b29-16+. The Morgan fingerprint density at radius 3 is 2.47 bits per heavy atom. The van der Waals surface area contributed by atoms with Crippen molar-refractivity contribution in [2.75, 3.05) is 20.3 Å². The van der Waals surface area contributed by atoms with E-state index in [1.165, 1.54) is 43.7 Å². The van der Waals surface area contributed by atoms with E-state index in [4.69, 9.17) is 30.0 Å². The highest BCUT2D eigenvalue weighted by molar-refractivity contribution is 14.1. The first-order chi connectivity index (χ1) is 18.2. The van der Waals surface area contributed by atoms with Crippen molar-refractivity contribution < 1.29 is 31.6 Å². The van der Waals surface area contributed by atoms with Crippen LogP contribution in [0.25, 0.3) is 0 Å². The minimum absolute atomic E-state index is 0.0199. The molecular formula is C26H24ClIN2O7S. The lowest BCUT2D eigenvalue weighted by atomic mass is 10.2. The Bertz CT molecular complexity index is 1440. The molecule has 0 aliphatic heterocycles. The molecule has 0 saturated carbocycles. The van der Waals surface area contributed by atoms with Gasteiger partial charge in [0.25, 0.3) is 5.91 Å². The molecule has 0 fully saturated rings. The number of ether oxygens (including phenoxy) is 3. The fourth-order valence-electron chi connectivity index (χ4n) is 3.07. The van der Waals surface area contributed by atoms with Crippen LogP contribution in [0.15, 0.2) is 77.2 Å². The molecule has 9 nitrogen and oxygen atoms in total. The summed E-state index contributed by atoms with van der Waals surface area (Å²) >= 11 is 7.77. The van der Waals surface area contributed by atoms with Gasteiger partial charge >= 0.3 is 10.1 Å². The van der Waals surface area contributed by atoms with E-state index in [9.17, 15) is 13.2 Å². The minimum atomic E-state index is -4.13. The lowest BCUT2D eigenvalue weighted by Crippen LogP contribution is -2.18. The molecule has 3 aromatic carbocycles. The second-order valence-corrected chi connectivity index (χ2v) is 10.6. The Hall–Kier alpha value is -3.29. The van der Waals surface area contributed by atoms with Crippen LogP contribution in [0, 0.1) is 3.57 Å². The number of benzene rings is 3. The van der Waals surface area contributed by atoms with E-state index in [0.717, 1.165) is 0 Å². The van der Waals surface area contributed by atoms with E-state index in [-0.39, 0.29) is 16.4 Å². The molecule has 0 spiro atoms. The normalized spacial score (nSPS) is 11.2. The SMILES string of the molecule is C=CCOc1ccc(C(=O)N/N=C/c2cc(I)c(OS(=O)(=O)c3ccc(Cl)cc3)c(OC)c2)cc1OCC. The molecular weight excluding hydrogens is 647 g/mol. The maximum atomic E-state index is 12.7. The number of rotatable bonds is 12. The maximum absolute atomic E-state index is 12.7. The molecule has 1 N–H and O–H groups in total. The summed E-state index contributed by atoms with van der Waals surface area (Å²) < 4.78 is 47.7. The van der Waals surface area contributed by atoms with Gasteiger partial charge in [0.15, 0.2) is 23.0 Å². The molecule has 0 unspecified atom stereocenters. The maximum Gasteiger partial charge on any atom is 0.339 e. The van der Waals surface area contributed by atoms with Gasteiger partial charge in [-0.05, 0) is 89.7 Å². The van der Waals surface area contributed by atoms with Crippen LogP contribution in [0.2, 0.25) is 5.02 Å².